The Labute approximate surface area is 70.4 Å². The van der Waals surface area contributed by atoms with Gasteiger partial charge in [0.15, 0.2) is 0 Å². The maximum atomic E-state index is 10.7. The molecule has 0 atom stereocenters. The van der Waals surface area contributed by atoms with Crippen molar-refractivity contribution in [3.05, 3.63) is 12.4 Å². The zero-order chi connectivity index (χ0) is 8.97. The molecule has 1 aromatic rings. The summed E-state index contributed by atoms with van der Waals surface area (Å²) in [5.74, 6) is 0.346. The van der Waals surface area contributed by atoms with Crippen LogP contribution in [0.3, 0.4) is 0 Å². The van der Waals surface area contributed by atoms with Gasteiger partial charge in [-0.05, 0) is 0 Å². The second kappa shape index (κ2) is 3.75. The van der Waals surface area contributed by atoms with E-state index in [0.29, 0.717) is 5.95 Å². The van der Waals surface area contributed by atoms with Crippen molar-refractivity contribution in [2.24, 2.45) is 7.05 Å². The van der Waals surface area contributed by atoms with Crippen molar-refractivity contribution in [2.45, 2.75) is 0 Å². The molecule has 5 heteroatoms. The number of aryl methyl sites for hydroxylation is 1. The lowest BCUT2D eigenvalue weighted by molar-refractivity contribution is -0.138. The van der Waals surface area contributed by atoms with Crippen molar-refractivity contribution in [3.63, 3.8) is 0 Å². The monoisotopic (exact) mass is 169 g/mol. The molecule has 0 aliphatic carbocycles. The van der Waals surface area contributed by atoms with E-state index in [2.05, 4.69) is 15.0 Å². The fourth-order valence-corrected chi connectivity index (χ4v) is 0.759. The molecule has 0 spiro atoms. The third-order valence-corrected chi connectivity index (χ3v) is 1.44. The minimum Gasteiger partial charge on any atom is -0.468 e. The first-order chi connectivity index (χ1) is 5.74. The summed E-state index contributed by atoms with van der Waals surface area (Å²) < 4.78 is 6.23. The van der Waals surface area contributed by atoms with Crippen LogP contribution in [0.1, 0.15) is 0 Å². The van der Waals surface area contributed by atoms with Crippen molar-refractivity contribution >= 4 is 11.9 Å². The summed E-state index contributed by atoms with van der Waals surface area (Å²) in [6.45, 7) is 0.140. The molecule has 1 N–H and O–H groups in total. The normalized spacial score (nSPS) is 9.50. The van der Waals surface area contributed by atoms with Crippen molar-refractivity contribution < 1.29 is 9.53 Å². The molecule has 1 aromatic heterocycles. The highest BCUT2D eigenvalue weighted by Gasteiger charge is 2.01. The number of anilines is 1. The van der Waals surface area contributed by atoms with Crippen molar-refractivity contribution in [2.75, 3.05) is 19.0 Å². The lowest BCUT2D eigenvalue weighted by atomic mass is 10.6. The van der Waals surface area contributed by atoms with E-state index in [9.17, 15) is 4.79 Å². The molecule has 0 aliphatic heterocycles. The molecule has 0 unspecified atom stereocenters. The molecule has 66 valence electrons. The fraction of sp³-hybridized carbons (Fsp3) is 0.429. The molecular formula is C7H11N3O2. The Kier molecular flexibility index (Phi) is 2.68. The Morgan fingerprint density at radius 3 is 3.08 bits per heavy atom. The molecule has 0 saturated carbocycles. The maximum Gasteiger partial charge on any atom is 0.325 e. The van der Waals surface area contributed by atoms with Crippen LogP contribution in [0.5, 0.6) is 0 Å². The van der Waals surface area contributed by atoms with Gasteiger partial charge in [-0.3, -0.25) is 4.79 Å². The lowest BCUT2D eigenvalue weighted by Crippen LogP contribution is -2.16. The summed E-state index contributed by atoms with van der Waals surface area (Å²) in [5.41, 5.74) is 0. The summed E-state index contributed by atoms with van der Waals surface area (Å²) >= 11 is 0. The van der Waals surface area contributed by atoms with E-state index in [4.69, 9.17) is 0 Å². The average Bonchev–Trinajstić information content (AvgIpc) is 2.47. The molecular weight excluding hydrogens is 158 g/mol. The Morgan fingerprint density at radius 1 is 1.83 bits per heavy atom. The van der Waals surface area contributed by atoms with Gasteiger partial charge in [-0.1, -0.05) is 0 Å². The third-order valence-electron chi connectivity index (χ3n) is 1.44. The molecule has 1 rings (SSSR count). The number of aromatic nitrogens is 2. The van der Waals surface area contributed by atoms with Gasteiger partial charge in [0.25, 0.3) is 0 Å². The average molecular weight is 169 g/mol. The molecule has 12 heavy (non-hydrogen) atoms. The second-order valence-corrected chi connectivity index (χ2v) is 2.29. The number of nitrogens with zero attached hydrogens (tertiary/aromatic N) is 2. The number of nitrogens with one attached hydrogen (secondary N) is 1. The molecule has 0 bridgehead atoms. The van der Waals surface area contributed by atoms with Crippen LogP contribution >= 0.6 is 0 Å². The molecule has 5 nitrogen and oxygen atoms in total. The summed E-state index contributed by atoms with van der Waals surface area (Å²) in [7, 11) is 3.19. The van der Waals surface area contributed by atoms with E-state index in [-0.39, 0.29) is 12.5 Å². The Morgan fingerprint density at radius 2 is 2.58 bits per heavy atom. The van der Waals surface area contributed by atoms with Gasteiger partial charge in [0, 0.05) is 19.4 Å². The predicted molar refractivity (Wildman–Crippen MR) is 43.7 cm³/mol. The first-order valence-electron chi connectivity index (χ1n) is 3.52. The summed E-state index contributed by atoms with van der Waals surface area (Å²) in [4.78, 5) is 14.7. The van der Waals surface area contributed by atoms with Crippen LogP contribution in [0.15, 0.2) is 12.4 Å². The van der Waals surface area contributed by atoms with Crippen LogP contribution in [0.4, 0.5) is 5.95 Å². The third kappa shape index (κ3) is 1.98. The highest BCUT2D eigenvalue weighted by molar-refractivity contribution is 5.74. The molecule has 0 aromatic carbocycles. The number of carbonyl (C=O) groups excluding carboxylic acids is 1. The molecule has 0 saturated heterocycles. The van der Waals surface area contributed by atoms with E-state index in [1.807, 2.05) is 7.05 Å². The van der Waals surface area contributed by atoms with Gasteiger partial charge in [-0.2, -0.15) is 0 Å². The Hall–Kier alpha value is -1.52. The molecule has 0 fully saturated rings. The Balaban J connectivity index is 2.43. The summed E-state index contributed by atoms with van der Waals surface area (Å²) in [6.07, 6.45) is 3.44. The van der Waals surface area contributed by atoms with E-state index < -0.39 is 0 Å². The van der Waals surface area contributed by atoms with Crippen molar-refractivity contribution in [1.29, 1.82) is 0 Å². The number of imidazole rings is 1. The first-order valence-corrected chi connectivity index (χ1v) is 3.52. The van der Waals surface area contributed by atoms with Crippen LogP contribution in [-0.4, -0.2) is 29.2 Å². The first kappa shape index (κ1) is 8.58. The number of hydrogen-bond donors (Lipinski definition) is 1. The minimum absolute atomic E-state index is 0.140. The van der Waals surface area contributed by atoms with Crippen LogP contribution < -0.4 is 5.32 Å². The zero-order valence-corrected chi connectivity index (χ0v) is 7.07. The van der Waals surface area contributed by atoms with Crippen LogP contribution in [0, 0.1) is 0 Å². The minimum atomic E-state index is -0.307. The number of carbonyl (C=O) groups is 1. The number of hydrogen-bond acceptors (Lipinski definition) is 4. The Bertz CT molecular complexity index is 269. The largest absolute Gasteiger partial charge is 0.468 e. The predicted octanol–water partition coefficient (Wildman–Crippen LogP) is 0.00500. The summed E-state index contributed by atoms with van der Waals surface area (Å²) in [5, 5.41) is 2.82. The van der Waals surface area contributed by atoms with E-state index >= 15 is 0 Å². The molecule has 1 heterocycles. The van der Waals surface area contributed by atoms with Gasteiger partial charge >= 0.3 is 5.97 Å². The molecule has 0 radical (unpaired) electrons. The molecule has 0 aliphatic rings. The van der Waals surface area contributed by atoms with Crippen molar-refractivity contribution in [3.8, 4) is 0 Å². The highest BCUT2D eigenvalue weighted by atomic mass is 16.5. The lowest BCUT2D eigenvalue weighted by Gasteiger charge is -2.03. The summed E-state index contributed by atoms with van der Waals surface area (Å²) in [6, 6.07) is 0. The highest BCUT2D eigenvalue weighted by Crippen LogP contribution is 1.99. The van der Waals surface area contributed by atoms with E-state index in [0.717, 1.165) is 0 Å². The number of rotatable bonds is 3. The van der Waals surface area contributed by atoms with Gasteiger partial charge < -0.3 is 14.6 Å². The van der Waals surface area contributed by atoms with Crippen LogP contribution in [0.2, 0.25) is 0 Å². The number of methoxy groups -OCH3 is 1. The van der Waals surface area contributed by atoms with Crippen LogP contribution in [0.25, 0.3) is 0 Å². The number of ether oxygens (including phenoxy) is 1. The quantitative estimate of drug-likeness (QED) is 0.647. The topological polar surface area (TPSA) is 56.1 Å². The smallest absolute Gasteiger partial charge is 0.325 e. The van der Waals surface area contributed by atoms with E-state index in [1.54, 1.807) is 17.0 Å². The van der Waals surface area contributed by atoms with Crippen LogP contribution in [-0.2, 0) is 16.6 Å². The van der Waals surface area contributed by atoms with Crippen molar-refractivity contribution in [1.82, 2.24) is 9.55 Å². The van der Waals surface area contributed by atoms with Gasteiger partial charge in [-0.25, -0.2) is 4.98 Å². The second-order valence-electron chi connectivity index (χ2n) is 2.29. The zero-order valence-electron chi connectivity index (χ0n) is 7.07. The maximum absolute atomic E-state index is 10.7. The van der Waals surface area contributed by atoms with Gasteiger partial charge in [-0.15, -0.1) is 0 Å². The van der Waals surface area contributed by atoms with Gasteiger partial charge in [0.1, 0.15) is 6.54 Å². The van der Waals surface area contributed by atoms with E-state index in [1.165, 1.54) is 7.11 Å². The SMILES string of the molecule is COC(=O)CNc1nccn1C. The fourth-order valence-electron chi connectivity index (χ4n) is 0.759. The van der Waals surface area contributed by atoms with Gasteiger partial charge in [0.2, 0.25) is 5.95 Å². The number of esters is 1. The van der Waals surface area contributed by atoms with Gasteiger partial charge in [0.05, 0.1) is 7.11 Å². The molecule has 0 amide bonds. The standard InChI is InChI=1S/C7H11N3O2/c1-10-4-3-8-7(10)9-5-6(11)12-2/h3-4H,5H2,1-2H3,(H,8,9).